The largest absolute Gasteiger partial charge is 0.488 e. The first-order chi connectivity index (χ1) is 14.2. The summed E-state index contributed by atoms with van der Waals surface area (Å²) < 4.78 is 6.24. The molecule has 0 aliphatic heterocycles. The van der Waals surface area contributed by atoms with E-state index in [0.29, 0.717) is 5.95 Å². The van der Waals surface area contributed by atoms with Crippen molar-refractivity contribution in [3.05, 3.63) is 60.9 Å². The number of aliphatic hydroxyl groups is 1. The number of aromatic nitrogens is 3. The number of hydrogen-bond acceptors (Lipinski definition) is 6. The van der Waals surface area contributed by atoms with Crippen LogP contribution >= 0.6 is 0 Å². The quantitative estimate of drug-likeness (QED) is 0.533. The normalized spacial score (nSPS) is 19.3. The Hall–Kier alpha value is -3.25. The van der Waals surface area contributed by atoms with Gasteiger partial charge in [0.1, 0.15) is 11.3 Å². The highest BCUT2D eigenvalue weighted by molar-refractivity contribution is 5.86. The van der Waals surface area contributed by atoms with Crippen LogP contribution in [0.1, 0.15) is 25.7 Å². The molecule has 5 rings (SSSR count). The molecule has 1 aliphatic carbocycles. The Bertz CT molecular complexity index is 1160. The number of anilines is 2. The van der Waals surface area contributed by atoms with E-state index in [1.54, 1.807) is 6.20 Å². The Morgan fingerprint density at radius 1 is 0.931 bits per heavy atom. The van der Waals surface area contributed by atoms with Crippen LogP contribution in [0.4, 0.5) is 11.6 Å². The Balaban J connectivity index is 1.42. The molecule has 0 atom stereocenters. The molecule has 4 aromatic rings. The van der Waals surface area contributed by atoms with Crippen molar-refractivity contribution in [3.63, 3.8) is 0 Å². The molecule has 2 aromatic carbocycles. The second kappa shape index (κ2) is 7.64. The summed E-state index contributed by atoms with van der Waals surface area (Å²) in [5.74, 6) is 1.29. The Morgan fingerprint density at radius 2 is 1.79 bits per heavy atom. The fraction of sp³-hybridized carbons (Fsp3) is 0.261. The zero-order valence-electron chi connectivity index (χ0n) is 16.0. The van der Waals surface area contributed by atoms with Gasteiger partial charge in [-0.3, -0.25) is 4.98 Å². The maximum atomic E-state index is 9.72. The molecule has 1 fully saturated rings. The van der Waals surface area contributed by atoms with Crippen LogP contribution in [0, 0.1) is 0 Å². The number of para-hydroxylation sites is 1. The monoisotopic (exact) mass is 386 g/mol. The first kappa shape index (κ1) is 17.8. The third-order valence-corrected chi connectivity index (χ3v) is 5.37. The summed E-state index contributed by atoms with van der Waals surface area (Å²) in [6, 6.07) is 15.8. The van der Waals surface area contributed by atoms with Crippen LogP contribution in [0.5, 0.6) is 5.75 Å². The first-order valence-corrected chi connectivity index (χ1v) is 9.97. The third kappa shape index (κ3) is 3.84. The Morgan fingerprint density at radius 3 is 2.69 bits per heavy atom. The number of hydrogen-bond donors (Lipinski definition) is 2. The van der Waals surface area contributed by atoms with Crippen LogP contribution in [0.15, 0.2) is 60.9 Å². The van der Waals surface area contributed by atoms with Crippen LogP contribution in [-0.4, -0.2) is 32.3 Å². The van der Waals surface area contributed by atoms with Crippen LogP contribution < -0.4 is 10.1 Å². The van der Waals surface area contributed by atoms with Crippen LogP contribution in [0.3, 0.4) is 0 Å². The van der Waals surface area contributed by atoms with Gasteiger partial charge in [-0.2, -0.15) is 0 Å². The molecule has 0 saturated heterocycles. The third-order valence-electron chi connectivity index (χ3n) is 5.37. The van der Waals surface area contributed by atoms with E-state index in [-0.39, 0.29) is 12.2 Å². The van der Waals surface area contributed by atoms with E-state index in [0.717, 1.165) is 58.9 Å². The van der Waals surface area contributed by atoms with E-state index >= 15 is 0 Å². The minimum Gasteiger partial charge on any atom is -0.488 e. The van der Waals surface area contributed by atoms with Gasteiger partial charge >= 0.3 is 0 Å². The van der Waals surface area contributed by atoms with Gasteiger partial charge in [-0.25, -0.2) is 9.97 Å². The van der Waals surface area contributed by atoms with E-state index in [1.807, 2.05) is 54.7 Å². The van der Waals surface area contributed by atoms with Gasteiger partial charge in [-0.05, 0) is 56.0 Å². The van der Waals surface area contributed by atoms with Gasteiger partial charge in [0, 0.05) is 28.9 Å². The molecule has 2 N–H and O–H groups in total. The summed E-state index contributed by atoms with van der Waals surface area (Å²) in [6.07, 6.45) is 6.81. The molecule has 0 radical (unpaired) electrons. The summed E-state index contributed by atoms with van der Waals surface area (Å²) >= 11 is 0. The fourth-order valence-electron chi connectivity index (χ4n) is 3.81. The number of aliphatic hydroxyl groups excluding tert-OH is 1. The highest BCUT2D eigenvalue weighted by atomic mass is 16.5. The van der Waals surface area contributed by atoms with Crippen molar-refractivity contribution in [1.29, 1.82) is 0 Å². The van der Waals surface area contributed by atoms with E-state index in [2.05, 4.69) is 15.3 Å². The maximum absolute atomic E-state index is 9.72. The van der Waals surface area contributed by atoms with Crippen LogP contribution in [0.2, 0.25) is 0 Å². The predicted molar refractivity (Wildman–Crippen MR) is 113 cm³/mol. The first-order valence-electron chi connectivity index (χ1n) is 9.97. The van der Waals surface area contributed by atoms with E-state index in [9.17, 15) is 5.11 Å². The molecule has 1 aliphatic rings. The van der Waals surface area contributed by atoms with Crippen molar-refractivity contribution < 1.29 is 9.84 Å². The summed E-state index contributed by atoms with van der Waals surface area (Å²) in [5.41, 5.74) is 2.65. The molecule has 146 valence electrons. The topological polar surface area (TPSA) is 80.2 Å². The number of nitrogens with zero attached hydrogens (tertiary/aromatic N) is 3. The van der Waals surface area contributed by atoms with Crippen molar-refractivity contribution in [1.82, 2.24) is 15.0 Å². The minimum atomic E-state index is -0.197. The van der Waals surface area contributed by atoms with Gasteiger partial charge in [0.25, 0.3) is 0 Å². The van der Waals surface area contributed by atoms with E-state index in [4.69, 9.17) is 9.72 Å². The van der Waals surface area contributed by atoms with Crippen molar-refractivity contribution in [3.8, 4) is 5.75 Å². The maximum Gasteiger partial charge on any atom is 0.227 e. The predicted octanol–water partition coefficient (Wildman–Crippen LogP) is 4.60. The molecule has 2 heterocycles. The van der Waals surface area contributed by atoms with Crippen molar-refractivity contribution in [2.24, 2.45) is 0 Å². The highest BCUT2D eigenvalue weighted by Gasteiger charge is 2.21. The number of nitrogens with one attached hydrogen (secondary N) is 1. The molecular weight excluding hydrogens is 364 g/mol. The lowest BCUT2D eigenvalue weighted by Crippen LogP contribution is -2.26. The van der Waals surface area contributed by atoms with E-state index in [1.165, 1.54) is 0 Å². The molecule has 0 amide bonds. The molecule has 0 spiro atoms. The SMILES string of the molecule is O[C@H]1CC[C@@H](Oc2cccc3cnc(Nc4ccc5ncccc5c4)nc23)CC1. The summed E-state index contributed by atoms with van der Waals surface area (Å²) in [6.45, 7) is 0. The number of benzene rings is 2. The number of rotatable bonds is 4. The summed E-state index contributed by atoms with van der Waals surface area (Å²) in [7, 11) is 0. The second-order valence-corrected chi connectivity index (χ2v) is 7.47. The Labute approximate surface area is 168 Å². The van der Waals surface area contributed by atoms with Gasteiger partial charge < -0.3 is 15.2 Å². The second-order valence-electron chi connectivity index (χ2n) is 7.47. The van der Waals surface area contributed by atoms with Gasteiger partial charge in [-0.1, -0.05) is 18.2 Å². The van der Waals surface area contributed by atoms with Crippen molar-refractivity contribution >= 4 is 33.4 Å². The van der Waals surface area contributed by atoms with Gasteiger partial charge in [0.05, 0.1) is 17.7 Å². The molecule has 6 nitrogen and oxygen atoms in total. The molecule has 0 bridgehead atoms. The lowest BCUT2D eigenvalue weighted by molar-refractivity contribution is 0.0672. The standard InChI is InChI=1S/C23H22N4O2/c28-18-7-9-19(10-8-18)29-21-5-1-3-16-14-25-23(27-22(16)21)26-17-6-11-20-15(13-17)4-2-12-24-20/h1-6,11-14,18-19,28H,7-10H2,(H,25,26,27)/t18-,19+. The molecule has 29 heavy (non-hydrogen) atoms. The molecule has 6 heteroatoms. The molecule has 2 aromatic heterocycles. The molecule has 1 saturated carbocycles. The number of pyridine rings is 1. The van der Waals surface area contributed by atoms with E-state index < -0.39 is 0 Å². The lowest BCUT2D eigenvalue weighted by Gasteiger charge is -2.26. The van der Waals surface area contributed by atoms with Gasteiger partial charge in [-0.15, -0.1) is 0 Å². The average molecular weight is 386 g/mol. The average Bonchev–Trinajstić information content (AvgIpc) is 2.76. The van der Waals surface area contributed by atoms with Crippen molar-refractivity contribution in [2.75, 3.05) is 5.32 Å². The highest BCUT2D eigenvalue weighted by Crippen LogP contribution is 2.29. The fourth-order valence-corrected chi connectivity index (χ4v) is 3.81. The van der Waals surface area contributed by atoms with Crippen LogP contribution in [0.25, 0.3) is 21.8 Å². The van der Waals surface area contributed by atoms with Gasteiger partial charge in [0.2, 0.25) is 5.95 Å². The summed E-state index contributed by atoms with van der Waals surface area (Å²) in [5, 5.41) is 15.0. The lowest BCUT2D eigenvalue weighted by atomic mass is 9.95. The number of ether oxygens (including phenoxy) is 1. The van der Waals surface area contributed by atoms with Crippen molar-refractivity contribution in [2.45, 2.75) is 37.9 Å². The molecular formula is C23H22N4O2. The Kier molecular flexibility index (Phi) is 4.69. The van der Waals surface area contributed by atoms with Gasteiger partial charge in [0.15, 0.2) is 0 Å². The van der Waals surface area contributed by atoms with Crippen LogP contribution in [-0.2, 0) is 0 Å². The zero-order chi connectivity index (χ0) is 19.6. The smallest absolute Gasteiger partial charge is 0.227 e. The summed E-state index contributed by atoms with van der Waals surface area (Å²) in [4.78, 5) is 13.5. The zero-order valence-corrected chi connectivity index (χ0v) is 16.0. The number of fused-ring (bicyclic) bond motifs is 2. The minimum absolute atomic E-state index is 0.114. The molecule has 0 unspecified atom stereocenters.